The highest BCUT2D eigenvalue weighted by Crippen LogP contribution is 2.23. The molecule has 93 valence electrons. The summed E-state index contributed by atoms with van der Waals surface area (Å²) < 4.78 is 6.00. The summed E-state index contributed by atoms with van der Waals surface area (Å²) in [6.07, 6.45) is 0.919. The summed E-state index contributed by atoms with van der Waals surface area (Å²) in [6.45, 7) is 2.04. The Labute approximate surface area is 117 Å². The van der Waals surface area contributed by atoms with Crippen LogP contribution in [0.25, 0.3) is 0 Å². The zero-order chi connectivity index (χ0) is 12.8. The Bertz CT molecular complexity index is 412. The Kier molecular flexibility index (Phi) is 4.82. The highest BCUT2D eigenvalue weighted by molar-refractivity contribution is 9.11. The fourth-order valence-electron chi connectivity index (χ4n) is 1.76. The van der Waals surface area contributed by atoms with Crippen molar-refractivity contribution in [3.8, 4) is 5.75 Å². The van der Waals surface area contributed by atoms with E-state index in [9.17, 15) is 0 Å². The number of ether oxygens (including phenoxy) is 1. The first-order chi connectivity index (χ1) is 8.75. The molecule has 1 unspecified atom stereocenters. The second-order valence-electron chi connectivity index (χ2n) is 4.20. The maximum Gasteiger partial charge on any atom is 0.119 e. The molecule has 0 N–H and O–H groups in total. The Hall–Kier alpha value is -1.28. The van der Waals surface area contributed by atoms with Gasteiger partial charge in [0.05, 0.1) is 4.83 Å². The molecule has 0 aliphatic heterocycles. The minimum absolute atomic E-state index is 0.0507. The third-order valence-electron chi connectivity index (χ3n) is 2.73. The van der Waals surface area contributed by atoms with Crippen LogP contribution in [0.4, 0.5) is 0 Å². The molecule has 0 heterocycles. The molecular weight excluding hydrogens is 288 g/mol. The van der Waals surface area contributed by atoms with Crippen LogP contribution in [-0.2, 0) is 6.42 Å². The maximum absolute atomic E-state index is 6.00. The van der Waals surface area contributed by atoms with Gasteiger partial charge >= 0.3 is 0 Å². The van der Waals surface area contributed by atoms with Crippen molar-refractivity contribution in [1.29, 1.82) is 0 Å². The number of halogens is 1. The molecule has 0 fully saturated rings. The Balaban J connectivity index is 2.05. The predicted molar refractivity (Wildman–Crippen MR) is 78.8 cm³/mol. The smallest absolute Gasteiger partial charge is 0.119 e. The summed E-state index contributed by atoms with van der Waals surface area (Å²) in [7, 11) is 0. The Morgan fingerprint density at radius 2 is 1.56 bits per heavy atom. The largest absolute Gasteiger partial charge is 0.489 e. The van der Waals surface area contributed by atoms with Crippen molar-refractivity contribution in [2.75, 3.05) is 0 Å². The molecule has 0 saturated heterocycles. The summed E-state index contributed by atoms with van der Waals surface area (Å²) in [6, 6.07) is 20.3. The maximum atomic E-state index is 6.00. The minimum Gasteiger partial charge on any atom is -0.489 e. The third kappa shape index (κ3) is 3.88. The zero-order valence-corrected chi connectivity index (χ0v) is 11.9. The molecule has 0 aliphatic carbocycles. The average Bonchev–Trinajstić information content (AvgIpc) is 2.40. The topological polar surface area (TPSA) is 9.23 Å². The zero-order valence-electron chi connectivity index (χ0n) is 10.3. The van der Waals surface area contributed by atoms with Crippen LogP contribution in [0.2, 0.25) is 0 Å². The molecule has 1 atom stereocenters. The van der Waals surface area contributed by atoms with Crippen LogP contribution in [0.5, 0.6) is 5.75 Å². The lowest BCUT2D eigenvalue weighted by Crippen LogP contribution is -2.23. The van der Waals surface area contributed by atoms with E-state index in [0.29, 0.717) is 0 Å². The standard InChI is InChI=1S/C16H16BrO/c1-13(17)16(12-14-8-4-2-5-9-14)18-15-10-6-3-7-11-15/h2-11,16H,12H2,1H3. The molecule has 1 nitrogen and oxygen atoms in total. The normalized spacial score (nSPS) is 12.4. The number of hydrogen-bond donors (Lipinski definition) is 0. The van der Waals surface area contributed by atoms with Gasteiger partial charge in [0.25, 0.3) is 0 Å². The summed E-state index contributed by atoms with van der Waals surface area (Å²) in [5.41, 5.74) is 1.28. The molecule has 0 aliphatic rings. The summed E-state index contributed by atoms with van der Waals surface area (Å²) in [4.78, 5) is 1.11. The molecule has 1 radical (unpaired) electrons. The molecule has 0 saturated carbocycles. The Morgan fingerprint density at radius 1 is 1.00 bits per heavy atom. The van der Waals surface area contributed by atoms with Gasteiger partial charge in [-0.3, -0.25) is 0 Å². The van der Waals surface area contributed by atoms with Gasteiger partial charge in [0, 0.05) is 6.42 Å². The lowest BCUT2D eigenvalue weighted by atomic mass is 10.1. The van der Waals surface area contributed by atoms with E-state index in [-0.39, 0.29) is 6.10 Å². The SMILES string of the molecule is C[C](Br)C(Cc1ccccc1)Oc1ccccc1. The number of benzene rings is 2. The van der Waals surface area contributed by atoms with Gasteiger partial charge in [0.15, 0.2) is 0 Å². The highest BCUT2D eigenvalue weighted by Gasteiger charge is 2.17. The van der Waals surface area contributed by atoms with Gasteiger partial charge in [-0.05, 0) is 24.6 Å². The van der Waals surface area contributed by atoms with Crippen molar-refractivity contribution in [1.82, 2.24) is 0 Å². The van der Waals surface area contributed by atoms with E-state index in [1.165, 1.54) is 5.56 Å². The first kappa shape index (κ1) is 13.2. The summed E-state index contributed by atoms with van der Waals surface area (Å²) in [5.74, 6) is 0.900. The van der Waals surface area contributed by atoms with Crippen LogP contribution in [0.3, 0.4) is 0 Å². The van der Waals surface area contributed by atoms with E-state index in [0.717, 1.165) is 17.0 Å². The molecule has 0 aromatic heterocycles. The molecule has 2 heteroatoms. The van der Waals surface area contributed by atoms with E-state index in [4.69, 9.17) is 4.74 Å². The average molecular weight is 304 g/mol. The fraction of sp³-hybridized carbons (Fsp3) is 0.188. The van der Waals surface area contributed by atoms with E-state index in [1.807, 2.05) is 43.3 Å². The fourth-order valence-corrected chi connectivity index (χ4v) is 2.01. The van der Waals surface area contributed by atoms with E-state index in [1.54, 1.807) is 0 Å². The van der Waals surface area contributed by atoms with Crippen molar-refractivity contribution in [2.45, 2.75) is 19.4 Å². The molecule has 2 aromatic rings. The monoisotopic (exact) mass is 303 g/mol. The van der Waals surface area contributed by atoms with E-state index < -0.39 is 0 Å². The van der Waals surface area contributed by atoms with Crippen LogP contribution < -0.4 is 4.74 Å². The number of para-hydroxylation sites is 1. The van der Waals surface area contributed by atoms with Gasteiger partial charge < -0.3 is 4.74 Å². The van der Waals surface area contributed by atoms with Crippen molar-refractivity contribution in [2.24, 2.45) is 0 Å². The lowest BCUT2D eigenvalue weighted by molar-refractivity contribution is 0.230. The number of hydrogen-bond acceptors (Lipinski definition) is 1. The quantitative estimate of drug-likeness (QED) is 0.783. The molecule has 0 bridgehead atoms. The predicted octanol–water partition coefficient (Wildman–Crippen LogP) is 4.62. The second kappa shape index (κ2) is 6.60. The van der Waals surface area contributed by atoms with Crippen LogP contribution >= 0.6 is 15.9 Å². The molecule has 0 amide bonds. The van der Waals surface area contributed by atoms with Crippen LogP contribution in [-0.4, -0.2) is 6.10 Å². The molecular formula is C16H16BrO. The van der Waals surface area contributed by atoms with Gasteiger partial charge in [-0.25, -0.2) is 0 Å². The highest BCUT2D eigenvalue weighted by atomic mass is 79.9. The molecule has 18 heavy (non-hydrogen) atoms. The van der Waals surface area contributed by atoms with Gasteiger partial charge in [-0.2, -0.15) is 0 Å². The number of rotatable bonds is 5. The van der Waals surface area contributed by atoms with Crippen molar-refractivity contribution >= 4 is 15.9 Å². The summed E-state index contributed by atoms with van der Waals surface area (Å²) in [5, 5.41) is 0. The van der Waals surface area contributed by atoms with Crippen molar-refractivity contribution < 1.29 is 4.74 Å². The molecule has 2 rings (SSSR count). The lowest BCUT2D eigenvalue weighted by Gasteiger charge is -2.21. The summed E-state index contributed by atoms with van der Waals surface area (Å²) >= 11 is 3.55. The first-order valence-corrected chi connectivity index (χ1v) is 6.79. The van der Waals surface area contributed by atoms with Crippen LogP contribution in [0.15, 0.2) is 60.7 Å². The van der Waals surface area contributed by atoms with E-state index in [2.05, 4.69) is 40.2 Å². The minimum atomic E-state index is 0.0507. The van der Waals surface area contributed by atoms with Crippen LogP contribution in [0.1, 0.15) is 12.5 Å². The van der Waals surface area contributed by atoms with Gasteiger partial charge in [-0.1, -0.05) is 64.5 Å². The van der Waals surface area contributed by atoms with Gasteiger partial charge in [-0.15, -0.1) is 0 Å². The molecule has 0 spiro atoms. The van der Waals surface area contributed by atoms with Crippen LogP contribution in [0, 0.1) is 4.83 Å². The second-order valence-corrected chi connectivity index (χ2v) is 5.45. The van der Waals surface area contributed by atoms with E-state index >= 15 is 0 Å². The Morgan fingerprint density at radius 3 is 2.11 bits per heavy atom. The van der Waals surface area contributed by atoms with Crippen molar-refractivity contribution in [3.05, 3.63) is 71.1 Å². The van der Waals surface area contributed by atoms with Gasteiger partial charge in [0.1, 0.15) is 11.9 Å². The van der Waals surface area contributed by atoms with Crippen molar-refractivity contribution in [3.63, 3.8) is 0 Å². The molecule has 2 aromatic carbocycles. The van der Waals surface area contributed by atoms with Gasteiger partial charge in [0.2, 0.25) is 0 Å². The third-order valence-corrected chi connectivity index (χ3v) is 3.24. The first-order valence-electron chi connectivity index (χ1n) is 6.00.